The third-order valence-electron chi connectivity index (χ3n) is 5.34. The number of aromatic amines is 1. The molecule has 1 saturated carbocycles. The smallest absolute Gasteiger partial charge is 0.227 e. The molecule has 0 unspecified atom stereocenters. The number of hydrogen-bond acceptors (Lipinski definition) is 1. The van der Waals surface area contributed by atoms with Crippen molar-refractivity contribution in [2.24, 2.45) is 5.92 Å². The number of carbonyl (C=O) groups is 1. The third-order valence-corrected chi connectivity index (χ3v) is 5.34. The van der Waals surface area contributed by atoms with Gasteiger partial charge >= 0.3 is 0 Å². The zero-order valence-corrected chi connectivity index (χ0v) is 14.2. The molecule has 23 heavy (non-hydrogen) atoms. The summed E-state index contributed by atoms with van der Waals surface area (Å²) in [6.07, 6.45) is 4.90. The van der Waals surface area contributed by atoms with Crippen LogP contribution in [0, 0.1) is 18.7 Å². The van der Waals surface area contributed by atoms with E-state index in [4.69, 9.17) is 0 Å². The number of likely N-dealkylation sites (N-methyl/N-ethyl adjacent to an activating group) is 1. The molecule has 3 nitrogen and oxygen atoms in total. The highest BCUT2D eigenvalue weighted by atomic mass is 19.1. The van der Waals surface area contributed by atoms with Gasteiger partial charge in [-0.05, 0) is 62.3 Å². The molecule has 0 aliphatic heterocycles. The van der Waals surface area contributed by atoms with Crippen molar-refractivity contribution < 1.29 is 9.18 Å². The Balaban J connectivity index is 1.77. The SMILES string of the molecule is Cc1[nH]c2ccc(F)cc2c1CC(=O)N(C)C1CCC(C)CC1. The second kappa shape index (κ2) is 6.34. The van der Waals surface area contributed by atoms with Gasteiger partial charge in [0.1, 0.15) is 5.82 Å². The van der Waals surface area contributed by atoms with Gasteiger partial charge < -0.3 is 9.88 Å². The number of aromatic nitrogens is 1. The molecular formula is C19H25FN2O. The Morgan fingerprint density at radius 1 is 1.30 bits per heavy atom. The van der Waals surface area contributed by atoms with Crippen molar-refractivity contribution in [3.63, 3.8) is 0 Å². The molecule has 3 rings (SSSR count). The Hall–Kier alpha value is -1.84. The number of carbonyl (C=O) groups excluding carboxylic acids is 1. The fourth-order valence-corrected chi connectivity index (χ4v) is 3.69. The zero-order chi connectivity index (χ0) is 16.6. The molecule has 0 radical (unpaired) electrons. The Labute approximate surface area is 136 Å². The first-order chi connectivity index (χ1) is 11.0. The van der Waals surface area contributed by atoms with Crippen molar-refractivity contribution in [3.05, 3.63) is 35.3 Å². The highest BCUT2D eigenvalue weighted by molar-refractivity contribution is 5.90. The molecule has 0 saturated heterocycles. The molecular weight excluding hydrogens is 291 g/mol. The van der Waals surface area contributed by atoms with Crippen LogP contribution < -0.4 is 0 Å². The molecule has 0 atom stereocenters. The standard InChI is InChI=1S/C19H25FN2O/c1-12-4-7-15(8-5-12)22(3)19(23)11-16-13(2)21-18-9-6-14(20)10-17(16)18/h6,9-10,12,15,21H,4-5,7-8,11H2,1-3H3. The van der Waals surface area contributed by atoms with Crippen molar-refractivity contribution in [2.75, 3.05) is 7.05 Å². The van der Waals surface area contributed by atoms with Gasteiger partial charge in [-0.25, -0.2) is 4.39 Å². The van der Waals surface area contributed by atoms with Gasteiger partial charge in [0.2, 0.25) is 5.91 Å². The summed E-state index contributed by atoms with van der Waals surface area (Å²) in [4.78, 5) is 17.8. The maximum Gasteiger partial charge on any atom is 0.227 e. The van der Waals surface area contributed by atoms with Crippen LogP contribution in [0.1, 0.15) is 43.9 Å². The van der Waals surface area contributed by atoms with E-state index < -0.39 is 0 Å². The van der Waals surface area contributed by atoms with Crippen molar-refractivity contribution in [1.29, 1.82) is 0 Å². The van der Waals surface area contributed by atoms with E-state index in [1.54, 1.807) is 6.07 Å². The first-order valence-corrected chi connectivity index (χ1v) is 8.48. The number of aryl methyl sites for hydroxylation is 1. The highest BCUT2D eigenvalue weighted by Crippen LogP contribution is 2.28. The minimum atomic E-state index is -0.264. The predicted octanol–water partition coefficient (Wildman–Crippen LogP) is 4.20. The van der Waals surface area contributed by atoms with E-state index in [0.29, 0.717) is 12.5 Å². The van der Waals surface area contributed by atoms with Crippen LogP contribution in [0.2, 0.25) is 0 Å². The number of fused-ring (bicyclic) bond motifs is 1. The Morgan fingerprint density at radius 3 is 2.70 bits per heavy atom. The maximum atomic E-state index is 13.5. The number of nitrogens with one attached hydrogen (secondary N) is 1. The first kappa shape index (κ1) is 16.0. The van der Waals surface area contributed by atoms with E-state index in [1.165, 1.54) is 25.0 Å². The molecule has 0 spiro atoms. The lowest BCUT2D eigenvalue weighted by atomic mass is 9.86. The van der Waals surface area contributed by atoms with Crippen LogP contribution in [0.3, 0.4) is 0 Å². The summed E-state index contributed by atoms with van der Waals surface area (Å²) in [6, 6.07) is 5.04. The van der Waals surface area contributed by atoms with E-state index in [1.807, 2.05) is 18.9 Å². The molecule has 1 aliphatic carbocycles. The lowest BCUT2D eigenvalue weighted by molar-refractivity contribution is -0.132. The molecule has 2 aromatic rings. The van der Waals surface area contributed by atoms with Gasteiger partial charge in [-0.15, -0.1) is 0 Å². The van der Waals surface area contributed by atoms with E-state index in [-0.39, 0.29) is 11.7 Å². The summed E-state index contributed by atoms with van der Waals surface area (Å²) in [5.74, 6) is 0.631. The fourth-order valence-electron chi connectivity index (χ4n) is 3.69. The van der Waals surface area contributed by atoms with Crippen LogP contribution in [0.4, 0.5) is 4.39 Å². The zero-order valence-electron chi connectivity index (χ0n) is 14.2. The number of nitrogens with zero attached hydrogens (tertiary/aromatic N) is 1. The van der Waals surface area contributed by atoms with E-state index in [0.717, 1.165) is 40.9 Å². The largest absolute Gasteiger partial charge is 0.358 e. The topological polar surface area (TPSA) is 36.1 Å². The van der Waals surface area contributed by atoms with Crippen LogP contribution in [0.5, 0.6) is 0 Å². The Morgan fingerprint density at radius 2 is 2.00 bits per heavy atom. The van der Waals surface area contributed by atoms with Gasteiger partial charge in [0.25, 0.3) is 0 Å². The number of benzene rings is 1. The predicted molar refractivity (Wildman–Crippen MR) is 90.9 cm³/mol. The Kier molecular flexibility index (Phi) is 4.42. The second-order valence-electron chi connectivity index (χ2n) is 7.01. The number of amides is 1. The van der Waals surface area contributed by atoms with Crippen LogP contribution in [0.25, 0.3) is 10.9 Å². The van der Waals surface area contributed by atoms with Crippen LogP contribution >= 0.6 is 0 Å². The number of rotatable bonds is 3. The van der Waals surface area contributed by atoms with Crippen molar-refractivity contribution in [1.82, 2.24) is 9.88 Å². The van der Waals surface area contributed by atoms with Gasteiger partial charge in [-0.2, -0.15) is 0 Å². The summed E-state index contributed by atoms with van der Waals surface area (Å²) in [6.45, 7) is 4.23. The lowest BCUT2D eigenvalue weighted by Gasteiger charge is -2.33. The molecule has 124 valence electrons. The highest BCUT2D eigenvalue weighted by Gasteiger charge is 2.25. The third kappa shape index (κ3) is 3.26. The van der Waals surface area contributed by atoms with Crippen LogP contribution in [-0.4, -0.2) is 28.9 Å². The fraction of sp³-hybridized carbons (Fsp3) is 0.526. The summed E-state index contributed by atoms with van der Waals surface area (Å²) in [5, 5.41) is 0.821. The molecule has 1 aliphatic rings. The number of H-pyrrole nitrogens is 1. The van der Waals surface area contributed by atoms with Crippen molar-refractivity contribution >= 4 is 16.8 Å². The summed E-state index contributed by atoms with van der Waals surface area (Å²) in [7, 11) is 1.91. The monoisotopic (exact) mass is 316 g/mol. The minimum Gasteiger partial charge on any atom is -0.358 e. The molecule has 0 bridgehead atoms. The lowest BCUT2D eigenvalue weighted by Crippen LogP contribution is -2.40. The normalized spacial score (nSPS) is 21.6. The Bertz CT molecular complexity index is 713. The molecule has 1 heterocycles. The maximum absolute atomic E-state index is 13.5. The van der Waals surface area contributed by atoms with E-state index in [9.17, 15) is 9.18 Å². The van der Waals surface area contributed by atoms with Crippen LogP contribution in [-0.2, 0) is 11.2 Å². The van der Waals surface area contributed by atoms with Gasteiger partial charge in [-0.3, -0.25) is 4.79 Å². The van der Waals surface area contributed by atoms with Crippen molar-refractivity contribution in [2.45, 2.75) is 52.0 Å². The van der Waals surface area contributed by atoms with Gasteiger partial charge in [0.15, 0.2) is 0 Å². The van der Waals surface area contributed by atoms with Crippen LogP contribution in [0.15, 0.2) is 18.2 Å². The number of halogens is 1. The second-order valence-corrected chi connectivity index (χ2v) is 7.01. The molecule has 1 aromatic carbocycles. The number of hydrogen-bond donors (Lipinski definition) is 1. The summed E-state index contributed by atoms with van der Waals surface area (Å²) >= 11 is 0. The quantitative estimate of drug-likeness (QED) is 0.905. The van der Waals surface area contributed by atoms with E-state index in [2.05, 4.69) is 11.9 Å². The molecule has 1 fully saturated rings. The summed E-state index contributed by atoms with van der Waals surface area (Å²) < 4.78 is 13.5. The molecule has 1 amide bonds. The van der Waals surface area contributed by atoms with Crippen molar-refractivity contribution in [3.8, 4) is 0 Å². The first-order valence-electron chi connectivity index (χ1n) is 8.48. The average molecular weight is 316 g/mol. The molecule has 4 heteroatoms. The molecule has 1 N–H and O–H groups in total. The van der Waals surface area contributed by atoms with Gasteiger partial charge in [0.05, 0.1) is 6.42 Å². The average Bonchev–Trinajstić information content (AvgIpc) is 2.83. The molecule has 1 aromatic heterocycles. The van der Waals surface area contributed by atoms with Gasteiger partial charge in [-0.1, -0.05) is 6.92 Å². The summed E-state index contributed by atoms with van der Waals surface area (Å²) in [5.41, 5.74) is 2.76. The van der Waals surface area contributed by atoms with E-state index >= 15 is 0 Å². The van der Waals surface area contributed by atoms with Gasteiger partial charge in [0, 0.05) is 29.7 Å². The minimum absolute atomic E-state index is 0.123.